The molecule has 0 amide bonds. The third kappa shape index (κ3) is 3.18. The maximum atomic E-state index is 11.4. The van der Waals surface area contributed by atoms with Gasteiger partial charge in [0.15, 0.2) is 0 Å². The topological polar surface area (TPSA) is 58.2 Å². The van der Waals surface area contributed by atoms with Gasteiger partial charge >= 0.3 is 5.97 Å². The van der Waals surface area contributed by atoms with Gasteiger partial charge in [-0.2, -0.15) is 5.10 Å². The Balaban J connectivity index is 2.41. The van der Waals surface area contributed by atoms with Crippen LogP contribution in [-0.4, -0.2) is 47.8 Å². The summed E-state index contributed by atoms with van der Waals surface area (Å²) in [5.74, 6) is -0.364. The SMILES string of the molecule is C[C@@H](CN(C)C)OC(=O)c1ccn[nH]1. The van der Waals surface area contributed by atoms with E-state index < -0.39 is 0 Å². The standard InChI is InChI=1S/C9H15N3O2/c1-7(6-12(2)3)14-9(13)8-4-5-10-11-8/h4-5,7H,6H2,1-3H3,(H,10,11)/t7-/m0/s1. The van der Waals surface area contributed by atoms with Crippen molar-refractivity contribution >= 4 is 5.97 Å². The van der Waals surface area contributed by atoms with E-state index in [1.165, 1.54) is 6.20 Å². The van der Waals surface area contributed by atoms with Gasteiger partial charge in [0.05, 0.1) is 0 Å². The van der Waals surface area contributed by atoms with E-state index in [0.717, 1.165) is 0 Å². The van der Waals surface area contributed by atoms with E-state index in [9.17, 15) is 4.79 Å². The van der Waals surface area contributed by atoms with Crippen LogP contribution >= 0.6 is 0 Å². The molecule has 0 aromatic carbocycles. The average molecular weight is 197 g/mol. The number of rotatable bonds is 4. The van der Waals surface area contributed by atoms with Crippen molar-refractivity contribution in [1.82, 2.24) is 15.1 Å². The van der Waals surface area contributed by atoms with Crippen molar-refractivity contribution < 1.29 is 9.53 Å². The van der Waals surface area contributed by atoms with Gasteiger partial charge in [-0.1, -0.05) is 0 Å². The summed E-state index contributed by atoms with van der Waals surface area (Å²) >= 11 is 0. The van der Waals surface area contributed by atoms with E-state index in [0.29, 0.717) is 12.2 Å². The lowest BCUT2D eigenvalue weighted by atomic mass is 10.3. The Bertz CT molecular complexity index is 282. The lowest BCUT2D eigenvalue weighted by Crippen LogP contribution is -2.28. The molecule has 1 rings (SSSR count). The predicted molar refractivity (Wildman–Crippen MR) is 52.0 cm³/mol. The monoisotopic (exact) mass is 197 g/mol. The molecule has 1 aromatic rings. The van der Waals surface area contributed by atoms with Crippen molar-refractivity contribution in [3.63, 3.8) is 0 Å². The van der Waals surface area contributed by atoms with Gasteiger partial charge in [-0.25, -0.2) is 4.79 Å². The fourth-order valence-electron chi connectivity index (χ4n) is 1.17. The van der Waals surface area contributed by atoms with Gasteiger partial charge < -0.3 is 9.64 Å². The van der Waals surface area contributed by atoms with Crippen LogP contribution in [0.1, 0.15) is 17.4 Å². The molecule has 5 nitrogen and oxygen atoms in total. The smallest absolute Gasteiger partial charge is 0.356 e. The Morgan fingerprint density at radius 1 is 1.71 bits per heavy atom. The third-order valence-corrected chi connectivity index (χ3v) is 1.65. The summed E-state index contributed by atoms with van der Waals surface area (Å²) in [5.41, 5.74) is 0.385. The van der Waals surface area contributed by atoms with Crippen LogP contribution in [0.15, 0.2) is 12.3 Å². The number of ether oxygens (including phenoxy) is 1. The zero-order valence-electron chi connectivity index (χ0n) is 8.65. The molecule has 0 aliphatic carbocycles. The van der Waals surface area contributed by atoms with E-state index in [1.807, 2.05) is 25.9 Å². The molecule has 1 N–H and O–H groups in total. The molecule has 0 unspecified atom stereocenters. The van der Waals surface area contributed by atoms with Crippen LogP contribution in [0.5, 0.6) is 0 Å². The van der Waals surface area contributed by atoms with Crippen molar-refractivity contribution in [3.05, 3.63) is 18.0 Å². The average Bonchev–Trinajstić information content (AvgIpc) is 2.53. The van der Waals surface area contributed by atoms with Crippen molar-refractivity contribution in [3.8, 4) is 0 Å². The number of hydrogen-bond donors (Lipinski definition) is 1. The van der Waals surface area contributed by atoms with Gasteiger partial charge in [-0.15, -0.1) is 0 Å². The molecule has 78 valence electrons. The minimum Gasteiger partial charge on any atom is -0.457 e. The number of aromatic amines is 1. The minimum atomic E-state index is -0.364. The van der Waals surface area contributed by atoms with E-state index >= 15 is 0 Å². The van der Waals surface area contributed by atoms with Crippen LogP contribution in [0.25, 0.3) is 0 Å². The second-order valence-electron chi connectivity index (χ2n) is 3.45. The Labute approximate surface area is 83.1 Å². The predicted octanol–water partition coefficient (Wildman–Crippen LogP) is 0.517. The molecule has 0 bridgehead atoms. The van der Waals surface area contributed by atoms with Crippen LogP contribution in [0, 0.1) is 0 Å². The number of esters is 1. The fraction of sp³-hybridized carbons (Fsp3) is 0.556. The Morgan fingerprint density at radius 3 is 2.93 bits per heavy atom. The van der Waals surface area contributed by atoms with Gasteiger partial charge in [0.1, 0.15) is 11.8 Å². The van der Waals surface area contributed by atoms with E-state index in [2.05, 4.69) is 10.2 Å². The number of carbonyl (C=O) groups excluding carboxylic acids is 1. The number of H-pyrrole nitrogens is 1. The third-order valence-electron chi connectivity index (χ3n) is 1.65. The van der Waals surface area contributed by atoms with Crippen molar-refractivity contribution in [2.45, 2.75) is 13.0 Å². The van der Waals surface area contributed by atoms with Crippen LogP contribution in [0.2, 0.25) is 0 Å². The Morgan fingerprint density at radius 2 is 2.43 bits per heavy atom. The number of nitrogens with one attached hydrogen (secondary N) is 1. The normalized spacial score (nSPS) is 12.9. The highest BCUT2D eigenvalue weighted by molar-refractivity contribution is 5.87. The molecule has 0 aliphatic rings. The first-order valence-corrected chi connectivity index (χ1v) is 4.44. The number of carbonyl (C=O) groups is 1. The van der Waals surface area contributed by atoms with Crippen LogP contribution < -0.4 is 0 Å². The first-order valence-electron chi connectivity index (χ1n) is 4.44. The summed E-state index contributed by atoms with van der Waals surface area (Å²) in [4.78, 5) is 13.3. The minimum absolute atomic E-state index is 0.124. The second kappa shape index (κ2) is 4.76. The van der Waals surface area contributed by atoms with Crippen molar-refractivity contribution in [2.75, 3.05) is 20.6 Å². The summed E-state index contributed by atoms with van der Waals surface area (Å²) in [7, 11) is 3.86. The second-order valence-corrected chi connectivity index (χ2v) is 3.45. The molecule has 1 aromatic heterocycles. The number of hydrogen-bond acceptors (Lipinski definition) is 4. The highest BCUT2D eigenvalue weighted by Gasteiger charge is 2.13. The van der Waals surface area contributed by atoms with E-state index in [4.69, 9.17) is 4.74 Å². The molecule has 0 spiro atoms. The zero-order valence-corrected chi connectivity index (χ0v) is 8.65. The largest absolute Gasteiger partial charge is 0.457 e. The first kappa shape index (κ1) is 10.7. The van der Waals surface area contributed by atoms with Crippen LogP contribution in [0.4, 0.5) is 0 Å². The molecular weight excluding hydrogens is 182 g/mol. The van der Waals surface area contributed by atoms with Crippen LogP contribution in [-0.2, 0) is 4.74 Å². The maximum absolute atomic E-state index is 11.4. The van der Waals surface area contributed by atoms with Gasteiger partial charge in [0, 0.05) is 12.7 Å². The van der Waals surface area contributed by atoms with Gasteiger partial charge in [-0.05, 0) is 27.1 Å². The molecule has 0 saturated carbocycles. The summed E-state index contributed by atoms with van der Waals surface area (Å²) in [5, 5.41) is 6.23. The molecule has 14 heavy (non-hydrogen) atoms. The summed E-state index contributed by atoms with van der Waals surface area (Å²) < 4.78 is 5.15. The number of nitrogens with zero attached hydrogens (tertiary/aromatic N) is 2. The van der Waals surface area contributed by atoms with Crippen molar-refractivity contribution in [2.24, 2.45) is 0 Å². The first-order chi connectivity index (χ1) is 6.59. The molecule has 0 fully saturated rings. The molecule has 1 atom stereocenters. The van der Waals surface area contributed by atoms with E-state index in [-0.39, 0.29) is 12.1 Å². The molecular formula is C9H15N3O2. The molecule has 0 aliphatic heterocycles. The highest BCUT2D eigenvalue weighted by atomic mass is 16.5. The highest BCUT2D eigenvalue weighted by Crippen LogP contribution is 2.00. The number of aromatic nitrogens is 2. The molecule has 5 heteroatoms. The zero-order chi connectivity index (χ0) is 10.6. The van der Waals surface area contributed by atoms with E-state index in [1.54, 1.807) is 6.07 Å². The summed E-state index contributed by atoms with van der Waals surface area (Å²) in [6.07, 6.45) is 1.40. The maximum Gasteiger partial charge on any atom is 0.356 e. The van der Waals surface area contributed by atoms with Gasteiger partial charge in [0.25, 0.3) is 0 Å². The van der Waals surface area contributed by atoms with Crippen LogP contribution in [0.3, 0.4) is 0 Å². The number of likely N-dealkylation sites (N-methyl/N-ethyl adjacent to an activating group) is 1. The summed E-state index contributed by atoms with van der Waals surface area (Å²) in [6, 6.07) is 1.59. The lowest BCUT2D eigenvalue weighted by Gasteiger charge is -2.16. The fourth-order valence-corrected chi connectivity index (χ4v) is 1.17. The molecule has 0 saturated heterocycles. The summed E-state index contributed by atoms with van der Waals surface area (Å²) in [6.45, 7) is 2.56. The quantitative estimate of drug-likeness (QED) is 0.715. The van der Waals surface area contributed by atoms with Gasteiger partial charge in [0.2, 0.25) is 0 Å². The lowest BCUT2D eigenvalue weighted by molar-refractivity contribution is 0.0282. The Kier molecular flexibility index (Phi) is 3.64. The molecule has 1 heterocycles. The Hall–Kier alpha value is -1.36. The van der Waals surface area contributed by atoms with Gasteiger partial charge in [-0.3, -0.25) is 5.10 Å². The van der Waals surface area contributed by atoms with Crippen molar-refractivity contribution in [1.29, 1.82) is 0 Å². The molecule has 0 radical (unpaired) electrons.